The van der Waals surface area contributed by atoms with Gasteiger partial charge in [-0.15, -0.1) is 6.58 Å². The molecule has 0 bridgehead atoms. The maximum absolute atomic E-state index is 11.9. The van der Waals surface area contributed by atoms with Crippen molar-refractivity contribution in [2.24, 2.45) is 0 Å². The highest BCUT2D eigenvalue weighted by atomic mass is 35.5. The Morgan fingerprint density at radius 2 is 2.30 bits per heavy atom. The van der Waals surface area contributed by atoms with Crippen molar-refractivity contribution in [3.63, 3.8) is 0 Å². The van der Waals surface area contributed by atoms with Crippen molar-refractivity contribution in [2.45, 2.75) is 12.5 Å². The molecule has 9 heteroatoms. The number of aromatic nitrogens is 1. The number of aliphatic carboxylic acids is 1. The fourth-order valence-corrected chi connectivity index (χ4v) is 1.51. The molecule has 0 radical (unpaired) electrons. The maximum atomic E-state index is 11.9. The van der Waals surface area contributed by atoms with Crippen LogP contribution in [-0.4, -0.2) is 32.9 Å². The van der Waals surface area contributed by atoms with Gasteiger partial charge in [0.15, 0.2) is 0 Å². The zero-order chi connectivity index (χ0) is 15.3. The van der Waals surface area contributed by atoms with E-state index in [1.807, 2.05) is 0 Å². The molecule has 20 heavy (non-hydrogen) atoms. The van der Waals surface area contributed by atoms with E-state index in [9.17, 15) is 19.7 Å². The molecule has 106 valence electrons. The van der Waals surface area contributed by atoms with Crippen LogP contribution < -0.4 is 5.32 Å². The number of rotatable bonds is 6. The van der Waals surface area contributed by atoms with Gasteiger partial charge in [-0.2, -0.15) is 0 Å². The number of halogens is 1. The molecule has 0 aliphatic heterocycles. The maximum Gasteiger partial charge on any atom is 0.326 e. The third-order valence-electron chi connectivity index (χ3n) is 2.29. The summed E-state index contributed by atoms with van der Waals surface area (Å²) in [5.74, 6) is -2.12. The molecule has 1 aromatic rings. The fraction of sp³-hybridized carbons (Fsp3) is 0.182. The zero-order valence-corrected chi connectivity index (χ0v) is 10.8. The van der Waals surface area contributed by atoms with Gasteiger partial charge in [0.1, 0.15) is 17.4 Å². The second kappa shape index (κ2) is 6.62. The summed E-state index contributed by atoms with van der Waals surface area (Å²) in [6, 6.07) is -0.271. The molecule has 0 aromatic carbocycles. The number of nitrogens with zero attached hydrogens (tertiary/aromatic N) is 2. The van der Waals surface area contributed by atoms with Crippen LogP contribution in [0.3, 0.4) is 0 Å². The number of nitrogens with one attached hydrogen (secondary N) is 1. The van der Waals surface area contributed by atoms with Crippen molar-refractivity contribution >= 4 is 29.2 Å². The molecule has 0 aliphatic carbocycles. The summed E-state index contributed by atoms with van der Waals surface area (Å²) in [4.78, 5) is 36.2. The van der Waals surface area contributed by atoms with Crippen LogP contribution in [-0.2, 0) is 4.79 Å². The summed E-state index contributed by atoms with van der Waals surface area (Å²) in [6.45, 7) is 3.38. The van der Waals surface area contributed by atoms with E-state index >= 15 is 0 Å². The number of hydrogen-bond acceptors (Lipinski definition) is 5. The lowest BCUT2D eigenvalue weighted by atomic mass is 10.2. The van der Waals surface area contributed by atoms with E-state index in [1.165, 1.54) is 6.08 Å². The second-order valence-electron chi connectivity index (χ2n) is 3.68. The van der Waals surface area contributed by atoms with Crippen LogP contribution >= 0.6 is 11.6 Å². The minimum absolute atomic E-state index is 0.00104. The molecule has 1 unspecified atom stereocenters. The van der Waals surface area contributed by atoms with E-state index < -0.39 is 28.5 Å². The SMILES string of the molecule is C=CCC(NC(=O)c1cc([N+](=O)[O-])cnc1Cl)C(=O)O. The van der Waals surface area contributed by atoms with Gasteiger partial charge in [0, 0.05) is 6.07 Å². The molecule has 1 heterocycles. The minimum atomic E-state index is -1.26. The summed E-state index contributed by atoms with van der Waals surface area (Å²) >= 11 is 5.67. The standard InChI is InChI=1S/C11H10ClN3O5/c1-2-3-8(11(17)18)14-10(16)7-4-6(15(19)20)5-13-9(7)12/h2,4-5,8H,1,3H2,(H,14,16)(H,17,18). The lowest BCUT2D eigenvalue weighted by Crippen LogP contribution is -2.40. The van der Waals surface area contributed by atoms with Crippen LogP contribution in [0.5, 0.6) is 0 Å². The number of carbonyl (C=O) groups is 2. The Hall–Kier alpha value is -2.48. The van der Waals surface area contributed by atoms with Gasteiger partial charge in [0.2, 0.25) is 0 Å². The molecule has 0 spiro atoms. The van der Waals surface area contributed by atoms with Crippen LogP contribution in [0.25, 0.3) is 0 Å². The van der Waals surface area contributed by atoms with Gasteiger partial charge in [-0.3, -0.25) is 14.9 Å². The molecule has 1 atom stereocenters. The number of carbonyl (C=O) groups excluding carboxylic acids is 1. The first-order valence-electron chi connectivity index (χ1n) is 5.31. The predicted octanol–water partition coefficient (Wildman–Crippen LogP) is 1.40. The van der Waals surface area contributed by atoms with Crippen molar-refractivity contribution in [3.05, 3.63) is 45.7 Å². The summed E-state index contributed by atoms with van der Waals surface area (Å²) in [5.41, 5.74) is -0.689. The summed E-state index contributed by atoms with van der Waals surface area (Å²) in [7, 11) is 0. The predicted molar refractivity (Wildman–Crippen MR) is 69.6 cm³/mol. The first-order chi connectivity index (χ1) is 9.36. The normalized spacial score (nSPS) is 11.4. The molecule has 0 saturated heterocycles. The van der Waals surface area contributed by atoms with Gasteiger partial charge in [0.25, 0.3) is 11.6 Å². The monoisotopic (exact) mass is 299 g/mol. The van der Waals surface area contributed by atoms with Crippen LogP contribution in [0.15, 0.2) is 24.9 Å². The number of hydrogen-bond donors (Lipinski definition) is 2. The molecular formula is C11H10ClN3O5. The van der Waals surface area contributed by atoms with E-state index in [4.69, 9.17) is 16.7 Å². The Morgan fingerprint density at radius 1 is 1.65 bits per heavy atom. The topological polar surface area (TPSA) is 122 Å². The summed E-state index contributed by atoms with van der Waals surface area (Å²) in [6.07, 6.45) is 2.23. The smallest absolute Gasteiger partial charge is 0.326 e. The minimum Gasteiger partial charge on any atom is -0.480 e. The van der Waals surface area contributed by atoms with Gasteiger partial charge < -0.3 is 10.4 Å². The lowest BCUT2D eigenvalue weighted by molar-refractivity contribution is -0.385. The van der Waals surface area contributed by atoms with Gasteiger partial charge in [0.05, 0.1) is 10.5 Å². The van der Waals surface area contributed by atoms with Gasteiger partial charge in [-0.05, 0) is 6.42 Å². The molecular weight excluding hydrogens is 290 g/mol. The third kappa shape index (κ3) is 3.75. The van der Waals surface area contributed by atoms with Crippen LogP contribution in [0.1, 0.15) is 16.8 Å². The van der Waals surface area contributed by atoms with Gasteiger partial charge in [-0.25, -0.2) is 9.78 Å². The largest absolute Gasteiger partial charge is 0.480 e. The highest BCUT2D eigenvalue weighted by molar-refractivity contribution is 6.32. The van der Waals surface area contributed by atoms with Crippen molar-refractivity contribution in [1.82, 2.24) is 10.3 Å². The van der Waals surface area contributed by atoms with Crippen molar-refractivity contribution in [3.8, 4) is 0 Å². The Kier molecular flexibility index (Phi) is 5.15. The zero-order valence-electron chi connectivity index (χ0n) is 10.1. The molecule has 0 saturated carbocycles. The third-order valence-corrected chi connectivity index (χ3v) is 2.59. The highest BCUT2D eigenvalue weighted by Gasteiger charge is 2.22. The number of carboxylic acid groups (broad SMARTS) is 1. The van der Waals surface area contributed by atoms with Crippen molar-refractivity contribution in [1.29, 1.82) is 0 Å². The Labute approximate surface area is 118 Å². The molecule has 0 aliphatic rings. The van der Waals surface area contributed by atoms with E-state index in [2.05, 4.69) is 16.9 Å². The average molecular weight is 300 g/mol. The van der Waals surface area contributed by atoms with Gasteiger partial charge in [-0.1, -0.05) is 17.7 Å². The fourth-order valence-electron chi connectivity index (χ4n) is 1.32. The lowest BCUT2D eigenvalue weighted by Gasteiger charge is -2.12. The Morgan fingerprint density at radius 3 is 2.80 bits per heavy atom. The summed E-state index contributed by atoms with van der Waals surface area (Å²) in [5, 5.41) is 21.4. The first-order valence-corrected chi connectivity index (χ1v) is 5.69. The van der Waals surface area contributed by atoms with Crippen molar-refractivity contribution < 1.29 is 19.6 Å². The van der Waals surface area contributed by atoms with E-state index in [-0.39, 0.29) is 17.1 Å². The number of nitro groups is 1. The number of pyridine rings is 1. The Bertz CT molecular complexity index is 575. The van der Waals surface area contributed by atoms with Crippen molar-refractivity contribution in [2.75, 3.05) is 0 Å². The molecule has 0 fully saturated rings. The molecule has 2 N–H and O–H groups in total. The number of amides is 1. The molecule has 8 nitrogen and oxygen atoms in total. The molecule has 1 rings (SSSR count). The van der Waals surface area contributed by atoms with E-state index in [1.54, 1.807) is 0 Å². The number of carboxylic acids is 1. The van der Waals surface area contributed by atoms with E-state index in [0.717, 1.165) is 12.3 Å². The quantitative estimate of drug-likeness (QED) is 0.354. The average Bonchev–Trinajstić information content (AvgIpc) is 2.38. The van der Waals surface area contributed by atoms with Gasteiger partial charge >= 0.3 is 5.97 Å². The van der Waals surface area contributed by atoms with E-state index in [0.29, 0.717) is 0 Å². The Balaban J connectivity index is 3.02. The van der Waals surface area contributed by atoms with Crippen LogP contribution in [0, 0.1) is 10.1 Å². The molecule has 1 amide bonds. The highest BCUT2D eigenvalue weighted by Crippen LogP contribution is 2.19. The van der Waals surface area contributed by atoms with Crippen LogP contribution in [0.2, 0.25) is 5.15 Å². The van der Waals surface area contributed by atoms with Crippen LogP contribution in [0.4, 0.5) is 5.69 Å². The summed E-state index contributed by atoms with van der Waals surface area (Å²) < 4.78 is 0. The second-order valence-corrected chi connectivity index (χ2v) is 4.04. The first kappa shape index (κ1) is 15.6. The molecule has 1 aromatic heterocycles.